The molecule has 0 radical (unpaired) electrons. The minimum atomic E-state index is -1.41. The van der Waals surface area contributed by atoms with Crippen LogP contribution in [0.25, 0.3) is 0 Å². The fraction of sp³-hybridized carbons (Fsp3) is 0.724. The first kappa shape index (κ1) is 35.5. The SMILES string of the molecule is CCCC1C(=O)NC(C2CCCCCC2)C(=O)NC(CNC)C(=O)NC(CC(=O)O)C(=O)NCCO/C=C(/C)C(=O)N1C. The quantitative estimate of drug-likeness (QED) is 0.212. The van der Waals surface area contributed by atoms with E-state index in [1.54, 1.807) is 14.0 Å². The molecule has 0 aromatic rings. The molecule has 4 unspecified atom stereocenters. The third-order valence-electron chi connectivity index (χ3n) is 7.77. The molecular formula is C29H48N6O8. The fourth-order valence-corrected chi connectivity index (χ4v) is 5.41. The first-order valence-electron chi connectivity index (χ1n) is 15.1. The van der Waals surface area contributed by atoms with E-state index in [0.717, 1.165) is 25.7 Å². The molecule has 1 aliphatic heterocycles. The number of carbonyl (C=O) groups is 6. The largest absolute Gasteiger partial charge is 0.499 e. The lowest BCUT2D eigenvalue weighted by molar-refractivity contribution is -0.141. The predicted octanol–water partition coefficient (Wildman–Crippen LogP) is -0.217. The van der Waals surface area contributed by atoms with Crippen LogP contribution in [0.1, 0.15) is 71.6 Å². The van der Waals surface area contributed by atoms with Crippen molar-refractivity contribution in [1.29, 1.82) is 0 Å². The zero-order chi connectivity index (χ0) is 31.9. The number of ether oxygens (including phenoxy) is 1. The highest BCUT2D eigenvalue weighted by Crippen LogP contribution is 2.26. The first-order valence-corrected chi connectivity index (χ1v) is 15.1. The highest BCUT2D eigenvalue weighted by molar-refractivity contribution is 5.98. The second-order valence-corrected chi connectivity index (χ2v) is 11.2. The predicted molar refractivity (Wildman–Crippen MR) is 157 cm³/mol. The molecule has 1 aliphatic carbocycles. The van der Waals surface area contributed by atoms with E-state index in [-0.39, 0.29) is 31.2 Å². The summed E-state index contributed by atoms with van der Waals surface area (Å²) < 4.78 is 5.42. The Hall–Kier alpha value is -3.68. The molecule has 0 saturated heterocycles. The highest BCUT2D eigenvalue weighted by Gasteiger charge is 2.36. The van der Waals surface area contributed by atoms with E-state index >= 15 is 0 Å². The topological polar surface area (TPSA) is 195 Å². The standard InChI is InChI=1S/C29H48N6O8/c1-5-10-22-27(40)34-24(19-11-8-6-7-9-12-19)28(41)33-21(16-30-3)26(39)32-20(15-23(36)37)25(38)31-13-14-43-17-18(2)29(42)35(22)4/h17,19-22,24,30H,5-16H2,1-4H3,(H,31,38)(H,32,39)(H,33,41)(H,34,40)(H,36,37)/b18-17-. The summed E-state index contributed by atoms with van der Waals surface area (Å²) in [5.41, 5.74) is 0.227. The molecule has 0 spiro atoms. The molecule has 0 aromatic carbocycles. The van der Waals surface area contributed by atoms with Crippen LogP contribution in [0.2, 0.25) is 0 Å². The van der Waals surface area contributed by atoms with Gasteiger partial charge in [0.15, 0.2) is 0 Å². The first-order chi connectivity index (χ1) is 20.5. The number of hydrogen-bond donors (Lipinski definition) is 6. The molecule has 1 saturated carbocycles. The Balaban J connectivity index is 2.50. The van der Waals surface area contributed by atoms with E-state index in [2.05, 4.69) is 26.6 Å². The summed E-state index contributed by atoms with van der Waals surface area (Å²) in [6.45, 7) is 3.36. The van der Waals surface area contributed by atoms with Gasteiger partial charge in [-0.25, -0.2) is 0 Å². The molecule has 2 rings (SSSR count). The second kappa shape index (κ2) is 18.1. The molecule has 5 amide bonds. The van der Waals surface area contributed by atoms with Crippen molar-refractivity contribution in [3.05, 3.63) is 11.8 Å². The number of likely N-dealkylation sites (N-methyl/N-ethyl adjacent to an activating group) is 2. The zero-order valence-electron chi connectivity index (χ0n) is 25.7. The molecule has 0 bridgehead atoms. The van der Waals surface area contributed by atoms with E-state index in [4.69, 9.17) is 4.74 Å². The summed E-state index contributed by atoms with van der Waals surface area (Å²) in [5.74, 6) is -4.46. The zero-order valence-corrected chi connectivity index (χ0v) is 25.7. The second-order valence-electron chi connectivity index (χ2n) is 11.2. The van der Waals surface area contributed by atoms with Gasteiger partial charge < -0.3 is 41.3 Å². The average Bonchev–Trinajstić information content (AvgIpc) is 3.25. The lowest BCUT2D eigenvalue weighted by atomic mass is 9.90. The number of rotatable bonds is 7. The Kier molecular flexibility index (Phi) is 14.9. The molecule has 4 atom stereocenters. The Morgan fingerprint density at radius 1 is 0.977 bits per heavy atom. The average molecular weight is 609 g/mol. The van der Waals surface area contributed by atoms with E-state index < -0.39 is 66.1 Å². The van der Waals surface area contributed by atoms with Crippen molar-refractivity contribution in [1.82, 2.24) is 31.5 Å². The van der Waals surface area contributed by atoms with Crippen molar-refractivity contribution in [3.8, 4) is 0 Å². The third-order valence-corrected chi connectivity index (χ3v) is 7.77. The lowest BCUT2D eigenvalue weighted by Gasteiger charge is -2.32. The van der Waals surface area contributed by atoms with Crippen molar-refractivity contribution in [2.45, 2.75) is 95.8 Å². The Bertz CT molecular complexity index is 1030. The van der Waals surface area contributed by atoms with Gasteiger partial charge in [0.25, 0.3) is 5.91 Å². The maximum Gasteiger partial charge on any atom is 0.305 e. The van der Waals surface area contributed by atoms with Crippen LogP contribution in [0.15, 0.2) is 11.8 Å². The molecule has 1 fully saturated rings. The number of nitrogens with one attached hydrogen (secondary N) is 5. The van der Waals surface area contributed by atoms with Gasteiger partial charge in [-0.05, 0) is 39.2 Å². The number of carboxylic acid groups (broad SMARTS) is 1. The summed E-state index contributed by atoms with van der Waals surface area (Å²) in [7, 11) is 3.11. The lowest BCUT2D eigenvalue weighted by Crippen LogP contribution is -2.61. The molecule has 14 heteroatoms. The maximum absolute atomic E-state index is 13.8. The maximum atomic E-state index is 13.8. The van der Waals surface area contributed by atoms with Gasteiger partial charge in [0.2, 0.25) is 23.6 Å². The van der Waals surface area contributed by atoms with Crippen LogP contribution in [0.3, 0.4) is 0 Å². The van der Waals surface area contributed by atoms with Gasteiger partial charge >= 0.3 is 5.97 Å². The van der Waals surface area contributed by atoms with Gasteiger partial charge in [0, 0.05) is 19.2 Å². The van der Waals surface area contributed by atoms with Crippen LogP contribution in [0.5, 0.6) is 0 Å². The van der Waals surface area contributed by atoms with Crippen molar-refractivity contribution >= 4 is 35.5 Å². The molecule has 0 aromatic heterocycles. The normalized spacial score (nSPS) is 27.5. The van der Waals surface area contributed by atoms with Gasteiger partial charge in [-0.1, -0.05) is 39.0 Å². The van der Waals surface area contributed by atoms with Gasteiger partial charge in [-0.15, -0.1) is 0 Å². The summed E-state index contributed by atoms with van der Waals surface area (Å²) in [6.07, 6.45) is 6.73. The number of amides is 5. The smallest absolute Gasteiger partial charge is 0.305 e. The summed E-state index contributed by atoms with van der Waals surface area (Å²) >= 11 is 0. The Morgan fingerprint density at radius 3 is 2.23 bits per heavy atom. The molecule has 242 valence electrons. The molecule has 2 aliphatic rings. The van der Waals surface area contributed by atoms with Gasteiger partial charge in [-0.2, -0.15) is 0 Å². The minimum Gasteiger partial charge on any atom is -0.499 e. The molecule has 6 N–H and O–H groups in total. The van der Waals surface area contributed by atoms with E-state index in [0.29, 0.717) is 25.7 Å². The van der Waals surface area contributed by atoms with Crippen LogP contribution in [0.4, 0.5) is 0 Å². The summed E-state index contributed by atoms with van der Waals surface area (Å²) in [6, 6.07) is -4.40. The fourth-order valence-electron chi connectivity index (χ4n) is 5.41. The van der Waals surface area contributed by atoms with Crippen LogP contribution < -0.4 is 26.6 Å². The minimum absolute atomic E-state index is 0.0151. The monoisotopic (exact) mass is 608 g/mol. The van der Waals surface area contributed by atoms with Crippen molar-refractivity contribution in [2.24, 2.45) is 5.92 Å². The molecule has 43 heavy (non-hydrogen) atoms. The van der Waals surface area contributed by atoms with Crippen molar-refractivity contribution in [3.63, 3.8) is 0 Å². The Morgan fingerprint density at radius 2 is 1.63 bits per heavy atom. The van der Waals surface area contributed by atoms with Gasteiger partial charge in [0.1, 0.15) is 30.8 Å². The van der Waals surface area contributed by atoms with E-state index in [9.17, 15) is 33.9 Å². The molecule has 1 heterocycles. The number of nitrogens with zero attached hydrogens (tertiary/aromatic N) is 1. The van der Waals surface area contributed by atoms with Crippen LogP contribution >= 0.6 is 0 Å². The molecule has 14 nitrogen and oxygen atoms in total. The van der Waals surface area contributed by atoms with Crippen molar-refractivity contribution in [2.75, 3.05) is 33.8 Å². The van der Waals surface area contributed by atoms with Gasteiger partial charge in [-0.3, -0.25) is 28.8 Å². The number of carboxylic acids is 1. The summed E-state index contributed by atoms with van der Waals surface area (Å²) in [4.78, 5) is 79.6. The summed E-state index contributed by atoms with van der Waals surface area (Å²) in [5, 5.41) is 22.8. The Labute approximate surface area is 253 Å². The van der Waals surface area contributed by atoms with Crippen LogP contribution in [-0.4, -0.2) is 103 Å². The highest BCUT2D eigenvalue weighted by atomic mass is 16.5. The number of carbonyl (C=O) groups excluding carboxylic acids is 5. The number of aliphatic carboxylic acids is 1. The third kappa shape index (κ3) is 11.2. The molecular weight excluding hydrogens is 560 g/mol. The number of hydrogen-bond acceptors (Lipinski definition) is 8. The van der Waals surface area contributed by atoms with Crippen LogP contribution in [-0.2, 0) is 33.5 Å². The van der Waals surface area contributed by atoms with Crippen LogP contribution in [0, 0.1) is 5.92 Å². The van der Waals surface area contributed by atoms with Gasteiger partial charge in [0.05, 0.1) is 19.2 Å². The van der Waals surface area contributed by atoms with E-state index in [1.165, 1.54) is 18.2 Å². The van der Waals surface area contributed by atoms with E-state index in [1.807, 2.05) is 6.92 Å². The van der Waals surface area contributed by atoms with Crippen molar-refractivity contribution < 1.29 is 38.6 Å².